The molecule has 1 aromatic rings. The van der Waals surface area contributed by atoms with E-state index < -0.39 is 0 Å². The molecule has 0 aromatic carbocycles. The molecular weight excluding hydrogens is 230 g/mol. The third-order valence-electron chi connectivity index (χ3n) is 2.25. The normalized spacial score (nSPS) is 12.1. The van der Waals surface area contributed by atoms with Crippen molar-refractivity contribution < 1.29 is 0 Å². The Morgan fingerprint density at radius 3 is 2.69 bits per heavy atom. The van der Waals surface area contributed by atoms with Crippen molar-refractivity contribution >= 4 is 15.9 Å². The SMILES string of the molecule is CCn1ncc(Br)c1C(C)(C)CN. The van der Waals surface area contributed by atoms with Gasteiger partial charge in [-0.25, -0.2) is 0 Å². The molecule has 0 unspecified atom stereocenters. The van der Waals surface area contributed by atoms with E-state index >= 15 is 0 Å². The van der Waals surface area contributed by atoms with Gasteiger partial charge in [-0.05, 0) is 22.9 Å². The van der Waals surface area contributed by atoms with Gasteiger partial charge in [0, 0.05) is 18.5 Å². The van der Waals surface area contributed by atoms with Gasteiger partial charge >= 0.3 is 0 Å². The second-order valence-corrected chi connectivity index (χ2v) is 4.60. The zero-order chi connectivity index (χ0) is 10.1. The van der Waals surface area contributed by atoms with E-state index in [1.54, 1.807) is 0 Å². The minimum atomic E-state index is -0.0225. The Morgan fingerprint density at radius 2 is 2.23 bits per heavy atom. The van der Waals surface area contributed by atoms with Gasteiger partial charge in [0.25, 0.3) is 0 Å². The molecule has 0 saturated heterocycles. The van der Waals surface area contributed by atoms with Crippen LogP contribution in [0.1, 0.15) is 26.5 Å². The topological polar surface area (TPSA) is 43.8 Å². The van der Waals surface area contributed by atoms with Crippen LogP contribution < -0.4 is 5.73 Å². The van der Waals surface area contributed by atoms with Crippen molar-refractivity contribution in [3.05, 3.63) is 16.4 Å². The Bertz CT molecular complexity index is 291. The van der Waals surface area contributed by atoms with E-state index in [1.807, 2.05) is 10.9 Å². The van der Waals surface area contributed by atoms with E-state index in [-0.39, 0.29) is 5.41 Å². The fourth-order valence-corrected chi connectivity index (χ4v) is 2.20. The maximum atomic E-state index is 5.73. The monoisotopic (exact) mass is 245 g/mol. The highest BCUT2D eigenvalue weighted by Gasteiger charge is 2.25. The van der Waals surface area contributed by atoms with Gasteiger partial charge in [0.2, 0.25) is 0 Å². The predicted octanol–water partition coefficient (Wildman–Crippen LogP) is 1.90. The Kier molecular flexibility index (Phi) is 3.14. The van der Waals surface area contributed by atoms with Gasteiger partial charge in [-0.3, -0.25) is 4.68 Å². The number of rotatable bonds is 3. The van der Waals surface area contributed by atoms with Crippen LogP contribution in [-0.2, 0) is 12.0 Å². The fourth-order valence-electron chi connectivity index (χ4n) is 1.37. The van der Waals surface area contributed by atoms with Crippen LogP contribution in [0.25, 0.3) is 0 Å². The van der Waals surface area contributed by atoms with E-state index in [9.17, 15) is 0 Å². The summed E-state index contributed by atoms with van der Waals surface area (Å²) in [4.78, 5) is 0. The third-order valence-corrected chi connectivity index (χ3v) is 2.83. The van der Waals surface area contributed by atoms with Crippen LogP contribution in [0.4, 0.5) is 0 Å². The number of hydrogen-bond donors (Lipinski definition) is 1. The third kappa shape index (κ3) is 1.94. The maximum Gasteiger partial charge on any atom is 0.0635 e. The molecule has 0 spiro atoms. The summed E-state index contributed by atoms with van der Waals surface area (Å²) >= 11 is 3.50. The Hall–Kier alpha value is -0.350. The molecule has 74 valence electrons. The van der Waals surface area contributed by atoms with E-state index in [2.05, 4.69) is 41.8 Å². The largest absolute Gasteiger partial charge is 0.330 e. The van der Waals surface area contributed by atoms with Crippen LogP contribution in [0.2, 0.25) is 0 Å². The molecule has 0 bridgehead atoms. The molecule has 0 atom stereocenters. The zero-order valence-corrected chi connectivity index (χ0v) is 9.93. The Balaban J connectivity index is 3.18. The molecule has 0 fully saturated rings. The molecule has 3 nitrogen and oxygen atoms in total. The van der Waals surface area contributed by atoms with Crippen molar-refractivity contribution in [3.63, 3.8) is 0 Å². The van der Waals surface area contributed by atoms with Crippen molar-refractivity contribution in [3.8, 4) is 0 Å². The molecule has 13 heavy (non-hydrogen) atoms. The summed E-state index contributed by atoms with van der Waals surface area (Å²) < 4.78 is 3.03. The molecule has 0 saturated carbocycles. The van der Waals surface area contributed by atoms with Gasteiger partial charge in [0.15, 0.2) is 0 Å². The van der Waals surface area contributed by atoms with Crippen molar-refractivity contribution in [2.24, 2.45) is 5.73 Å². The molecule has 0 aliphatic heterocycles. The molecule has 1 rings (SSSR count). The average Bonchev–Trinajstić information content (AvgIpc) is 2.47. The van der Waals surface area contributed by atoms with Gasteiger partial charge in [0.05, 0.1) is 16.4 Å². The van der Waals surface area contributed by atoms with E-state index in [0.29, 0.717) is 6.54 Å². The van der Waals surface area contributed by atoms with Crippen molar-refractivity contribution in [1.82, 2.24) is 9.78 Å². The van der Waals surface area contributed by atoms with Crippen LogP contribution in [0.5, 0.6) is 0 Å². The van der Waals surface area contributed by atoms with Gasteiger partial charge in [-0.1, -0.05) is 13.8 Å². The number of nitrogens with two attached hydrogens (primary N) is 1. The molecule has 0 amide bonds. The second-order valence-electron chi connectivity index (χ2n) is 3.74. The lowest BCUT2D eigenvalue weighted by atomic mass is 9.89. The standard InChI is InChI=1S/C9H16BrN3/c1-4-13-8(7(10)5-12-13)9(2,3)6-11/h5H,4,6,11H2,1-3H3. The van der Waals surface area contributed by atoms with Crippen LogP contribution in [0.3, 0.4) is 0 Å². The number of aromatic nitrogens is 2. The summed E-state index contributed by atoms with van der Waals surface area (Å²) in [6, 6.07) is 0. The summed E-state index contributed by atoms with van der Waals surface area (Å²) in [5, 5.41) is 4.26. The zero-order valence-electron chi connectivity index (χ0n) is 8.34. The number of aryl methyl sites for hydroxylation is 1. The quantitative estimate of drug-likeness (QED) is 0.885. The summed E-state index contributed by atoms with van der Waals surface area (Å²) in [6.07, 6.45) is 1.83. The van der Waals surface area contributed by atoms with Gasteiger partial charge in [-0.15, -0.1) is 0 Å². The van der Waals surface area contributed by atoms with E-state index in [0.717, 1.165) is 11.0 Å². The highest BCUT2D eigenvalue weighted by Crippen LogP contribution is 2.28. The summed E-state index contributed by atoms with van der Waals surface area (Å²) in [5.41, 5.74) is 6.88. The summed E-state index contributed by atoms with van der Waals surface area (Å²) in [5.74, 6) is 0. The Morgan fingerprint density at radius 1 is 1.62 bits per heavy atom. The van der Waals surface area contributed by atoms with Crippen molar-refractivity contribution in [2.45, 2.75) is 32.7 Å². The highest BCUT2D eigenvalue weighted by molar-refractivity contribution is 9.10. The van der Waals surface area contributed by atoms with E-state index in [4.69, 9.17) is 5.73 Å². The maximum absolute atomic E-state index is 5.73. The molecule has 1 aromatic heterocycles. The molecule has 4 heteroatoms. The summed E-state index contributed by atoms with van der Waals surface area (Å²) in [6.45, 7) is 7.83. The van der Waals surface area contributed by atoms with Gasteiger partial charge < -0.3 is 5.73 Å². The molecular formula is C9H16BrN3. The first-order chi connectivity index (χ1) is 6.03. The fraction of sp³-hybridized carbons (Fsp3) is 0.667. The Labute approximate surface area is 87.4 Å². The average molecular weight is 246 g/mol. The molecule has 2 N–H and O–H groups in total. The van der Waals surface area contributed by atoms with E-state index in [1.165, 1.54) is 5.69 Å². The summed E-state index contributed by atoms with van der Waals surface area (Å²) in [7, 11) is 0. The molecule has 0 aliphatic carbocycles. The molecule has 0 radical (unpaired) electrons. The van der Waals surface area contributed by atoms with Crippen LogP contribution in [0, 0.1) is 0 Å². The van der Waals surface area contributed by atoms with Crippen molar-refractivity contribution in [1.29, 1.82) is 0 Å². The lowest BCUT2D eigenvalue weighted by Gasteiger charge is -2.24. The lowest BCUT2D eigenvalue weighted by Crippen LogP contribution is -2.31. The first-order valence-electron chi connectivity index (χ1n) is 4.44. The van der Waals surface area contributed by atoms with Gasteiger partial charge in [-0.2, -0.15) is 5.10 Å². The van der Waals surface area contributed by atoms with Crippen LogP contribution >= 0.6 is 15.9 Å². The number of halogens is 1. The molecule has 1 heterocycles. The van der Waals surface area contributed by atoms with Gasteiger partial charge in [0.1, 0.15) is 0 Å². The smallest absolute Gasteiger partial charge is 0.0635 e. The second kappa shape index (κ2) is 3.80. The lowest BCUT2D eigenvalue weighted by molar-refractivity contribution is 0.467. The highest BCUT2D eigenvalue weighted by atomic mass is 79.9. The number of nitrogens with zero attached hydrogens (tertiary/aromatic N) is 2. The van der Waals surface area contributed by atoms with Crippen LogP contribution in [0.15, 0.2) is 10.7 Å². The predicted molar refractivity (Wildman–Crippen MR) is 57.7 cm³/mol. The first kappa shape index (κ1) is 10.7. The number of hydrogen-bond acceptors (Lipinski definition) is 2. The minimum absolute atomic E-state index is 0.0225. The first-order valence-corrected chi connectivity index (χ1v) is 5.24. The van der Waals surface area contributed by atoms with Crippen LogP contribution in [-0.4, -0.2) is 16.3 Å². The molecule has 0 aliphatic rings. The minimum Gasteiger partial charge on any atom is -0.330 e. The van der Waals surface area contributed by atoms with Crippen molar-refractivity contribution in [2.75, 3.05) is 6.54 Å².